The smallest absolute Gasteiger partial charge is 0.0652 e. The van der Waals surface area contributed by atoms with Crippen LogP contribution in [-0.2, 0) is 16.7 Å². The average Bonchev–Trinajstić information content (AvgIpc) is 2.39. The van der Waals surface area contributed by atoms with Gasteiger partial charge in [-0.2, -0.15) is 0 Å². The molecule has 2 N–H and O–H groups in total. The van der Waals surface area contributed by atoms with Crippen molar-refractivity contribution in [2.24, 2.45) is 0 Å². The minimum Gasteiger partial charge on any atom is -0.394 e. The van der Waals surface area contributed by atoms with Gasteiger partial charge in [0, 0.05) is 13.7 Å². The number of ether oxygens (including phenoxy) is 1. The van der Waals surface area contributed by atoms with E-state index in [4.69, 9.17) is 4.74 Å². The molecule has 0 aliphatic rings. The highest BCUT2D eigenvalue weighted by Gasteiger charge is 2.24. The Kier molecular flexibility index (Phi) is 5.62. The quantitative estimate of drug-likeness (QED) is 0.709. The molecular weight excluding hydrogens is 214 g/mol. The first-order valence-corrected chi connectivity index (χ1v) is 6.10. The normalized spacial score (nSPS) is 14.6. The maximum atomic E-state index is 9.56. The van der Waals surface area contributed by atoms with E-state index in [0.717, 1.165) is 18.5 Å². The van der Waals surface area contributed by atoms with Crippen LogP contribution in [0.1, 0.15) is 25.0 Å². The molecule has 3 heteroatoms. The van der Waals surface area contributed by atoms with Crippen LogP contribution in [-0.4, -0.2) is 32.0 Å². The predicted molar refractivity (Wildman–Crippen MR) is 70.1 cm³/mol. The molecule has 0 aliphatic carbocycles. The summed E-state index contributed by atoms with van der Waals surface area (Å²) in [7, 11) is 1.67. The third-order valence-electron chi connectivity index (χ3n) is 3.14. The van der Waals surface area contributed by atoms with E-state index in [1.54, 1.807) is 7.11 Å². The van der Waals surface area contributed by atoms with Gasteiger partial charge in [0.1, 0.15) is 0 Å². The molecule has 0 aliphatic heterocycles. The first kappa shape index (κ1) is 14.2. The molecule has 96 valence electrons. The van der Waals surface area contributed by atoms with Gasteiger partial charge in [-0.15, -0.1) is 0 Å². The Balaban J connectivity index is 2.75. The van der Waals surface area contributed by atoms with Gasteiger partial charge in [-0.25, -0.2) is 0 Å². The minimum absolute atomic E-state index is 0.0716. The van der Waals surface area contributed by atoms with Gasteiger partial charge in [0.15, 0.2) is 0 Å². The van der Waals surface area contributed by atoms with Crippen LogP contribution in [0.25, 0.3) is 0 Å². The van der Waals surface area contributed by atoms with Gasteiger partial charge in [0.05, 0.1) is 18.8 Å². The number of benzene rings is 1. The Morgan fingerprint density at radius 2 is 1.94 bits per heavy atom. The summed E-state index contributed by atoms with van der Waals surface area (Å²) < 4.78 is 5.01. The average molecular weight is 237 g/mol. The lowest BCUT2D eigenvalue weighted by Crippen LogP contribution is -2.44. The van der Waals surface area contributed by atoms with E-state index in [-0.39, 0.29) is 6.61 Å². The first-order chi connectivity index (χ1) is 8.16. The van der Waals surface area contributed by atoms with Crippen molar-refractivity contribution in [3.05, 3.63) is 35.4 Å². The molecule has 0 spiro atoms. The van der Waals surface area contributed by atoms with Gasteiger partial charge >= 0.3 is 0 Å². The van der Waals surface area contributed by atoms with Crippen molar-refractivity contribution in [3.8, 4) is 0 Å². The van der Waals surface area contributed by atoms with Crippen LogP contribution in [0.15, 0.2) is 24.3 Å². The second-order valence-electron chi connectivity index (χ2n) is 4.46. The number of methoxy groups -OCH3 is 1. The van der Waals surface area contributed by atoms with Crippen molar-refractivity contribution in [3.63, 3.8) is 0 Å². The minimum atomic E-state index is -0.398. The van der Waals surface area contributed by atoms with Crippen LogP contribution in [0.5, 0.6) is 0 Å². The van der Waals surface area contributed by atoms with Crippen molar-refractivity contribution >= 4 is 0 Å². The molecular formula is C14H23NO2. The largest absolute Gasteiger partial charge is 0.394 e. The molecule has 17 heavy (non-hydrogen) atoms. The molecule has 1 aromatic carbocycles. The van der Waals surface area contributed by atoms with Crippen LogP contribution < -0.4 is 5.32 Å². The van der Waals surface area contributed by atoms with E-state index >= 15 is 0 Å². The van der Waals surface area contributed by atoms with Gasteiger partial charge in [-0.05, 0) is 24.5 Å². The molecule has 3 nitrogen and oxygen atoms in total. The van der Waals surface area contributed by atoms with E-state index in [2.05, 4.69) is 36.5 Å². The van der Waals surface area contributed by atoms with Crippen LogP contribution in [0.4, 0.5) is 0 Å². The van der Waals surface area contributed by atoms with Gasteiger partial charge in [-0.1, -0.05) is 31.2 Å². The van der Waals surface area contributed by atoms with Crippen molar-refractivity contribution in [1.82, 2.24) is 5.32 Å². The Labute approximate surface area is 104 Å². The fourth-order valence-electron chi connectivity index (χ4n) is 1.79. The number of aliphatic hydroxyl groups is 1. The van der Waals surface area contributed by atoms with Gasteiger partial charge in [0.25, 0.3) is 0 Å². The monoisotopic (exact) mass is 237 g/mol. The summed E-state index contributed by atoms with van der Waals surface area (Å²) in [6.07, 6.45) is 1.03. The highest BCUT2D eigenvalue weighted by atomic mass is 16.5. The van der Waals surface area contributed by atoms with Gasteiger partial charge in [0.2, 0.25) is 0 Å². The van der Waals surface area contributed by atoms with E-state index in [1.165, 1.54) is 5.56 Å². The molecule has 0 heterocycles. The lowest BCUT2D eigenvalue weighted by atomic mass is 9.92. The third kappa shape index (κ3) is 3.80. The maximum absolute atomic E-state index is 9.56. The van der Waals surface area contributed by atoms with E-state index in [0.29, 0.717) is 6.61 Å². The standard InChI is InChI=1S/C14H23NO2/c1-4-12-5-7-13(8-6-12)14(2,11-16)15-9-10-17-3/h5-8,15-16H,4,9-11H2,1-3H3. The van der Waals surface area contributed by atoms with Crippen molar-refractivity contribution in [2.45, 2.75) is 25.8 Å². The number of aliphatic hydroxyl groups excluding tert-OH is 1. The number of hydrogen-bond donors (Lipinski definition) is 2. The summed E-state index contributed by atoms with van der Waals surface area (Å²) in [5.74, 6) is 0. The third-order valence-corrected chi connectivity index (χ3v) is 3.14. The van der Waals surface area contributed by atoms with Crippen molar-refractivity contribution < 1.29 is 9.84 Å². The highest BCUT2D eigenvalue weighted by Crippen LogP contribution is 2.20. The zero-order valence-corrected chi connectivity index (χ0v) is 11.0. The first-order valence-electron chi connectivity index (χ1n) is 6.10. The van der Waals surface area contributed by atoms with Crippen LogP contribution in [0, 0.1) is 0 Å². The molecule has 0 amide bonds. The molecule has 0 bridgehead atoms. The summed E-state index contributed by atoms with van der Waals surface area (Å²) in [5, 5.41) is 12.9. The van der Waals surface area contributed by atoms with Gasteiger partial charge < -0.3 is 15.2 Å². The lowest BCUT2D eigenvalue weighted by molar-refractivity contribution is 0.148. The van der Waals surface area contributed by atoms with Crippen LogP contribution >= 0.6 is 0 Å². The molecule has 0 saturated heterocycles. The maximum Gasteiger partial charge on any atom is 0.0652 e. The van der Waals surface area contributed by atoms with Crippen LogP contribution in [0.3, 0.4) is 0 Å². The molecule has 0 fully saturated rings. The molecule has 1 aromatic rings. The van der Waals surface area contributed by atoms with Crippen molar-refractivity contribution in [1.29, 1.82) is 0 Å². The number of hydrogen-bond acceptors (Lipinski definition) is 3. The Morgan fingerprint density at radius 1 is 1.29 bits per heavy atom. The Hall–Kier alpha value is -0.900. The van der Waals surface area contributed by atoms with Crippen molar-refractivity contribution in [2.75, 3.05) is 26.9 Å². The fraction of sp³-hybridized carbons (Fsp3) is 0.571. The summed E-state index contributed by atoms with van der Waals surface area (Å²) in [5.41, 5.74) is 2.02. The second kappa shape index (κ2) is 6.74. The summed E-state index contributed by atoms with van der Waals surface area (Å²) in [4.78, 5) is 0. The zero-order valence-electron chi connectivity index (χ0n) is 11.0. The predicted octanol–water partition coefficient (Wildman–Crippen LogP) is 1.69. The number of nitrogens with one attached hydrogen (secondary N) is 1. The van der Waals surface area contributed by atoms with E-state index < -0.39 is 5.54 Å². The molecule has 0 aromatic heterocycles. The molecule has 1 rings (SSSR count). The van der Waals surface area contributed by atoms with E-state index in [9.17, 15) is 5.11 Å². The summed E-state index contributed by atoms with van der Waals surface area (Å²) >= 11 is 0. The fourth-order valence-corrected chi connectivity index (χ4v) is 1.79. The molecule has 1 atom stereocenters. The topological polar surface area (TPSA) is 41.5 Å². The highest BCUT2D eigenvalue weighted by molar-refractivity contribution is 5.28. The Bertz CT molecular complexity index is 323. The van der Waals surface area contributed by atoms with Gasteiger partial charge in [-0.3, -0.25) is 0 Å². The van der Waals surface area contributed by atoms with Crippen LogP contribution in [0.2, 0.25) is 0 Å². The zero-order chi connectivity index (χ0) is 12.7. The molecule has 0 radical (unpaired) electrons. The SMILES string of the molecule is CCc1ccc(C(C)(CO)NCCOC)cc1. The molecule has 0 saturated carbocycles. The number of rotatable bonds is 7. The summed E-state index contributed by atoms with van der Waals surface area (Å²) in [6, 6.07) is 8.38. The van der Waals surface area contributed by atoms with E-state index in [1.807, 2.05) is 6.92 Å². The summed E-state index contributed by atoms with van der Waals surface area (Å²) in [6.45, 7) is 5.58. The lowest BCUT2D eigenvalue weighted by Gasteiger charge is -2.29. The Morgan fingerprint density at radius 3 is 2.41 bits per heavy atom. The molecule has 1 unspecified atom stereocenters. The number of aryl methyl sites for hydroxylation is 1. The second-order valence-corrected chi connectivity index (χ2v) is 4.46.